The number of halogens is 2. The monoisotopic (exact) mass is 261 g/mol. The average Bonchev–Trinajstić information content (AvgIpc) is 2.35. The summed E-state index contributed by atoms with van der Waals surface area (Å²) in [6, 6.07) is 8.97. The molecule has 1 atom stereocenters. The van der Waals surface area contributed by atoms with E-state index in [1.54, 1.807) is 12.1 Å². The summed E-state index contributed by atoms with van der Waals surface area (Å²) in [4.78, 5) is 0. The van der Waals surface area contributed by atoms with Crippen molar-refractivity contribution in [2.75, 3.05) is 0 Å². The largest absolute Gasteiger partial charge is 0.324 e. The second-order valence-electron chi connectivity index (χ2n) is 4.88. The second kappa shape index (κ2) is 5.49. The lowest BCUT2D eigenvalue weighted by atomic mass is 9.94. The van der Waals surface area contributed by atoms with Crippen LogP contribution in [0.3, 0.4) is 0 Å². The summed E-state index contributed by atoms with van der Waals surface area (Å²) in [5, 5.41) is 0. The molecule has 0 radical (unpaired) electrons. The molecule has 0 amide bonds. The van der Waals surface area contributed by atoms with Gasteiger partial charge in [-0.15, -0.1) is 0 Å². The Labute approximate surface area is 112 Å². The van der Waals surface area contributed by atoms with Crippen LogP contribution in [0.15, 0.2) is 36.4 Å². The van der Waals surface area contributed by atoms with Gasteiger partial charge in [0.25, 0.3) is 0 Å². The van der Waals surface area contributed by atoms with Gasteiger partial charge < -0.3 is 5.73 Å². The van der Waals surface area contributed by atoms with Gasteiger partial charge in [0, 0.05) is 6.04 Å². The molecule has 0 saturated carbocycles. The topological polar surface area (TPSA) is 26.0 Å². The Balaban J connectivity index is 2.25. The molecular weight excluding hydrogens is 244 g/mol. The van der Waals surface area contributed by atoms with Crippen molar-refractivity contribution in [2.24, 2.45) is 5.73 Å². The lowest BCUT2D eigenvalue weighted by Gasteiger charge is -2.16. The third-order valence-corrected chi connectivity index (χ3v) is 3.39. The molecule has 1 unspecified atom stereocenters. The Bertz CT molecular complexity index is 593. The summed E-state index contributed by atoms with van der Waals surface area (Å²) in [6.07, 6.45) is 0.566. The second-order valence-corrected chi connectivity index (χ2v) is 4.88. The van der Waals surface area contributed by atoms with E-state index < -0.39 is 0 Å². The number of hydrogen-bond donors (Lipinski definition) is 1. The number of aryl methyl sites for hydroxylation is 2. The van der Waals surface area contributed by atoms with Crippen LogP contribution in [-0.4, -0.2) is 0 Å². The third kappa shape index (κ3) is 3.18. The van der Waals surface area contributed by atoms with E-state index in [0.29, 0.717) is 6.42 Å². The number of benzene rings is 2. The van der Waals surface area contributed by atoms with Crippen LogP contribution in [0.25, 0.3) is 0 Å². The quantitative estimate of drug-likeness (QED) is 0.893. The van der Waals surface area contributed by atoms with E-state index in [0.717, 1.165) is 22.3 Å². The van der Waals surface area contributed by atoms with Gasteiger partial charge in [0.05, 0.1) is 0 Å². The lowest BCUT2D eigenvalue weighted by molar-refractivity contribution is 0.615. The van der Waals surface area contributed by atoms with E-state index >= 15 is 0 Å². The van der Waals surface area contributed by atoms with Gasteiger partial charge in [-0.3, -0.25) is 0 Å². The molecule has 1 nitrogen and oxygen atoms in total. The molecule has 2 aromatic rings. The Hall–Kier alpha value is -1.74. The number of hydrogen-bond acceptors (Lipinski definition) is 1. The number of rotatable bonds is 3. The lowest BCUT2D eigenvalue weighted by Crippen LogP contribution is -2.15. The third-order valence-electron chi connectivity index (χ3n) is 3.39. The van der Waals surface area contributed by atoms with Gasteiger partial charge >= 0.3 is 0 Å². The van der Waals surface area contributed by atoms with Crippen LogP contribution < -0.4 is 5.73 Å². The molecule has 0 aliphatic carbocycles. The summed E-state index contributed by atoms with van der Waals surface area (Å²) in [5.74, 6) is -0.538. The van der Waals surface area contributed by atoms with Crippen molar-refractivity contribution < 1.29 is 8.78 Å². The van der Waals surface area contributed by atoms with Gasteiger partial charge in [-0.1, -0.05) is 12.1 Å². The maximum Gasteiger partial charge on any atom is 0.123 e. The highest BCUT2D eigenvalue weighted by Gasteiger charge is 2.12. The van der Waals surface area contributed by atoms with Crippen LogP contribution in [0.5, 0.6) is 0 Å². The van der Waals surface area contributed by atoms with Gasteiger partial charge in [-0.2, -0.15) is 0 Å². The predicted octanol–water partition coefficient (Wildman–Crippen LogP) is 3.82. The van der Waals surface area contributed by atoms with Crippen molar-refractivity contribution >= 4 is 0 Å². The fourth-order valence-corrected chi connectivity index (χ4v) is 2.25. The summed E-state index contributed by atoms with van der Waals surface area (Å²) < 4.78 is 26.3. The van der Waals surface area contributed by atoms with E-state index in [2.05, 4.69) is 0 Å². The molecule has 0 bridgehead atoms. The summed E-state index contributed by atoms with van der Waals surface area (Å²) in [5.41, 5.74) is 9.75. The first-order valence-corrected chi connectivity index (χ1v) is 6.24. The van der Waals surface area contributed by atoms with E-state index in [-0.39, 0.29) is 17.7 Å². The average molecular weight is 261 g/mol. The molecule has 3 heteroatoms. The van der Waals surface area contributed by atoms with Crippen LogP contribution in [0.4, 0.5) is 8.78 Å². The molecule has 0 fully saturated rings. The first-order valence-electron chi connectivity index (χ1n) is 6.24. The van der Waals surface area contributed by atoms with Gasteiger partial charge in [0.15, 0.2) is 0 Å². The Morgan fingerprint density at radius 2 is 1.58 bits per heavy atom. The van der Waals surface area contributed by atoms with Crippen molar-refractivity contribution in [1.82, 2.24) is 0 Å². The zero-order valence-corrected chi connectivity index (χ0v) is 11.1. The van der Waals surface area contributed by atoms with E-state index in [4.69, 9.17) is 5.73 Å². The minimum absolute atomic E-state index is 0.253. The van der Waals surface area contributed by atoms with Crippen LogP contribution >= 0.6 is 0 Å². The van der Waals surface area contributed by atoms with E-state index in [9.17, 15) is 8.78 Å². The molecule has 19 heavy (non-hydrogen) atoms. The summed E-state index contributed by atoms with van der Waals surface area (Å²) in [7, 11) is 0. The molecule has 2 aromatic carbocycles. The van der Waals surface area contributed by atoms with E-state index in [1.807, 2.05) is 13.8 Å². The first-order chi connectivity index (χ1) is 8.97. The van der Waals surface area contributed by atoms with Crippen LogP contribution in [0.2, 0.25) is 0 Å². The van der Waals surface area contributed by atoms with Gasteiger partial charge in [-0.25, -0.2) is 8.78 Å². The molecule has 0 heterocycles. The smallest absolute Gasteiger partial charge is 0.123 e. The predicted molar refractivity (Wildman–Crippen MR) is 72.9 cm³/mol. The maximum absolute atomic E-state index is 13.3. The van der Waals surface area contributed by atoms with Crippen molar-refractivity contribution in [1.29, 1.82) is 0 Å². The summed E-state index contributed by atoms with van der Waals surface area (Å²) in [6.45, 7) is 3.76. The van der Waals surface area contributed by atoms with Crippen molar-refractivity contribution in [3.63, 3.8) is 0 Å². The SMILES string of the molecule is Cc1cc(F)ccc1CC(N)c1cc(F)ccc1C. The number of nitrogens with two attached hydrogens (primary N) is 1. The van der Waals surface area contributed by atoms with Crippen LogP contribution in [-0.2, 0) is 6.42 Å². The summed E-state index contributed by atoms with van der Waals surface area (Å²) >= 11 is 0. The van der Waals surface area contributed by atoms with Gasteiger partial charge in [0.1, 0.15) is 11.6 Å². The standard InChI is InChI=1S/C16H17F2N/c1-10-3-5-14(18)9-15(10)16(19)8-12-4-6-13(17)7-11(12)2/h3-7,9,16H,8,19H2,1-2H3. The zero-order chi connectivity index (χ0) is 14.0. The normalized spacial score (nSPS) is 12.5. The highest BCUT2D eigenvalue weighted by atomic mass is 19.1. The zero-order valence-electron chi connectivity index (χ0n) is 11.1. The van der Waals surface area contributed by atoms with Crippen LogP contribution in [0.1, 0.15) is 28.3 Å². The maximum atomic E-state index is 13.3. The van der Waals surface area contributed by atoms with Crippen molar-refractivity contribution in [2.45, 2.75) is 26.3 Å². The van der Waals surface area contributed by atoms with Crippen molar-refractivity contribution in [3.05, 3.63) is 70.3 Å². The Morgan fingerprint density at radius 3 is 2.26 bits per heavy atom. The van der Waals surface area contributed by atoms with Gasteiger partial charge in [0.2, 0.25) is 0 Å². The van der Waals surface area contributed by atoms with E-state index in [1.165, 1.54) is 24.3 Å². The Kier molecular flexibility index (Phi) is 3.96. The molecule has 0 saturated heterocycles. The van der Waals surface area contributed by atoms with Gasteiger partial charge in [-0.05, 0) is 66.8 Å². The molecule has 0 aliphatic rings. The molecule has 0 spiro atoms. The minimum atomic E-state index is -0.292. The fourth-order valence-electron chi connectivity index (χ4n) is 2.25. The molecule has 100 valence electrons. The molecule has 2 rings (SSSR count). The van der Waals surface area contributed by atoms with Crippen molar-refractivity contribution in [3.8, 4) is 0 Å². The molecule has 0 aromatic heterocycles. The van der Waals surface area contributed by atoms with Crippen LogP contribution in [0, 0.1) is 25.5 Å². The molecule has 2 N–H and O–H groups in total. The highest BCUT2D eigenvalue weighted by molar-refractivity contribution is 5.33. The molecular formula is C16H17F2N. The first kappa shape index (κ1) is 13.7. The molecule has 0 aliphatic heterocycles. The minimum Gasteiger partial charge on any atom is -0.324 e. The fraction of sp³-hybridized carbons (Fsp3) is 0.250. The Morgan fingerprint density at radius 1 is 0.947 bits per heavy atom. The highest BCUT2D eigenvalue weighted by Crippen LogP contribution is 2.22.